The predicted octanol–water partition coefficient (Wildman–Crippen LogP) is 1.45. The fourth-order valence-corrected chi connectivity index (χ4v) is 1.68. The number of aliphatic hydroxyl groups is 2. The topological polar surface area (TPSA) is 95.6 Å². The van der Waals surface area contributed by atoms with Gasteiger partial charge in [0.2, 0.25) is 0 Å². The summed E-state index contributed by atoms with van der Waals surface area (Å²) >= 11 is 0. The lowest BCUT2D eigenvalue weighted by atomic mass is 9.97. The third-order valence-corrected chi connectivity index (χ3v) is 3.18. The normalized spacial score (nSPS) is 11.3. The number of aliphatic hydroxyl groups excluding tert-OH is 2. The molecule has 0 aliphatic rings. The van der Waals surface area contributed by atoms with Crippen LogP contribution in [0.3, 0.4) is 0 Å². The molecule has 6 nitrogen and oxygen atoms in total. The average molecular weight is 254 g/mol. The Balaban J connectivity index is 3.11. The van der Waals surface area contributed by atoms with E-state index in [0.717, 1.165) is 0 Å². The molecule has 0 radical (unpaired) electrons. The maximum Gasteiger partial charge on any atom is 0.274 e. The average Bonchev–Trinajstić information content (AvgIpc) is 2.38. The van der Waals surface area contributed by atoms with Gasteiger partial charge in [-0.3, -0.25) is 10.1 Å². The second kappa shape index (κ2) is 5.79. The van der Waals surface area contributed by atoms with E-state index in [2.05, 4.69) is 5.32 Å². The van der Waals surface area contributed by atoms with Crippen molar-refractivity contribution in [3.05, 3.63) is 33.9 Å². The quantitative estimate of drug-likeness (QED) is 0.527. The van der Waals surface area contributed by atoms with Crippen LogP contribution in [0.4, 0.5) is 11.4 Å². The summed E-state index contributed by atoms with van der Waals surface area (Å²) in [5.41, 5.74) is 0.192. The van der Waals surface area contributed by atoms with Gasteiger partial charge in [0.25, 0.3) is 5.69 Å². The Labute approximate surface area is 105 Å². The summed E-state index contributed by atoms with van der Waals surface area (Å²) in [6.07, 6.45) is 0.502. The van der Waals surface area contributed by atoms with Crippen LogP contribution >= 0.6 is 0 Å². The van der Waals surface area contributed by atoms with Gasteiger partial charge in [0, 0.05) is 17.3 Å². The second-order valence-corrected chi connectivity index (χ2v) is 4.28. The molecule has 0 saturated heterocycles. The summed E-state index contributed by atoms with van der Waals surface area (Å²) in [4.78, 5) is 10.4. The Kier molecular flexibility index (Phi) is 4.63. The van der Waals surface area contributed by atoms with Crippen LogP contribution in [-0.2, 0) is 0 Å². The summed E-state index contributed by atoms with van der Waals surface area (Å²) in [7, 11) is 0. The van der Waals surface area contributed by atoms with Crippen LogP contribution in [0.15, 0.2) is 18.2 Å². The Hall–Kier alpha value is -1.66. The minimum absolute atomic E-state index is 0.0147. The number of nitrogens with zero attached hydrogens (tertiary/aromatic N) is 1. The van der Waals surface area contributed by atoms with Gasteiger partial charge in [-0.05, 0) is 19.4 Å². The van der Waals surface area contributed by atoms with Crippen LogP contribution in [0.25, 0.3) is 0 Å². The lowest BCUT2D eigenvalue weighted by Crippen LogP contribution is -2.45. The molecule has 3 N–H and O–H groups in total. The van der Waals surface area contributed by atoms with Gasteiger partial charge in [0.05, 0.1) is 23.7 Å². The molecule has 0 heterocycles. The third-order valence-electron chi connectivity index (χ3n) is 3.18. The molecule has 0 aliphatic carbocycles. The van der Waals surface area contributed by atoms with Crippen molar-refractivity contribution < 1.29 is 15.1 Å². The van der Waals surface area contributed by atoms with Crippen molar-refractivity contribution >= 4 is 11.4 Å². The van der Waals surface area contributed by atoms with Crippen molar-refractivity contribution in [3.8, 4) is 0 Å². The molecule has 0 aliphatic heterocycles. The highest BCUT2D eigenvalue weighted by atomic mass is 16.6. The van der Waals surface area contributed by atoms with E-state index in [1.807, 2.05) is 6.92 Å². The van der Waals surface area contributed by atoms with E-state index in [9.17, 15) is 20.3 Å². The molecule has 0 saturated carbocycles. The predicted molar refractivity (Wildman–Crippen MR) is 68.6 cm³/mol. The highest BCUT2D eigenvalue weighted by Gasteiger charge is 2.27. The monoisotopic (exact) mass is 254 g/mol. The van der Waals surface area contributed by atoms with Crippen molar-refractivity contribution in [1.82, 2.24) is 0 Å². The van der Waals surface area contributed by atoms with Gasteiger partial charge in [0.15, 0.2) is 0 Å². The molecule has 0 atom stereocenters. The third kappa shape index (κ3) is 2.77. The number of benzene rings is 1. The largest absolute Gasteiger partial charge is 0.394 e. The fourth-order valence-electron chi connectivity index (χ4n) is 1.68. The smallest absolute Gasteiger partial charge is 0.274 e. The number of hydrogen-bond donors (Lipinski definition) is 3. The molecule has 0 bridgehead atoms. The molecular formula is C12H18N2O4. The van der Waals surface area contributed by atoms with Gasteiger partial charge in [-0.2, -0.15) is 0 Å². The molecule has 0 unspecified atom stereocenters. The summed E-state index contributed by atoms with van der Waals surface area (Å²) < 4.78 is 0. The first-order chi connectivity index (χ1) is 8.49. The Morgan fingerprint density at radius 2 is 2.00 bits per heavy atom. The van der Waals surface area contributed by atoms with Crippen LogP contribution in [0.1, 0.15) is 18.9 Å². The van der Waals surface area contributed by atoms with Crippen molar-refractivity contribution in [2.24, 2.45) is 0 Å². The first-order valence-electron chi connectivity index (χ1n) is 5.73. The van der Waals surface area contributed by atoms with Gasteiger partial charge in [-0.25, -0.2) is 0 Å². The van der Waals surface area contributed by atoms with Crippen LogP contribution in [0.2, 0.25) is 0 Å². The van der Waals surface area contributed by atoms with E-state index < -0.39 is 10.5 Å². The molecule has 0 amide bonds. The molecular weight excluding hydrogens is 236 g/mol. The minimum atomic E-state index is -0.861. The van der Waals surface area contributed by atoms with E-state index >= 15 is 0 Å². The molecule has 1 aromatic carbocycles. The van der Waals surface area contributed by atoms with Gasteiger partial charge in [-0.1, -0.05) is 13.0 Å². The zero-order valence-corrected chi connectivity index (χ0v) is 10.5. The molecule has 1 rings (SSSR count). The number of nitrogens with one attached hydrogen (secondary N) is 1. The zero-order chi connectivity index (χ0) is 13.8. The molecule has 1 aromatic rings. The molecule has 0 fully saturated rings. The van der Waals surface area contributed by atoms with E-state index in [4.69, 9.17) is 0 Å². The molecule has 100 valence electrons. The van der Waals surface area contributed by atoms with Gasteiger partial charge < -0.3 is 15.5 Å². The lowest BCUT2D eigenvalue weighted by molar-refractivity contribution is -0.385. The summed E-state index contributed by atoms with van der Waals surface area (Å²) in [5, 5.41) is 32.5. The van der Waals surface area contributed by atoms with Crippen LogP contribution < -0.4 is 5.32 Å². The van der Waals surface area contributed by atoms with Crippen LogP contribution in [-0.4, -0.2) is 33.9 Å². The zero-order valence-electron chi connectivity index (χ0n) is 10.5. The highest BCUT2D eigenvalue weighted by molar-refractivity contribution is 5.60. The van der Waals surface area contributed by atoms with Gasteiger partial charge in [0.1, 0.15) is 0 Å². The maximum atomic E-state index is 10.8. The molecule has 0 spiro atoms. The number of anilines is 1. The first-order valence-corrected chi connectivity index (χ1v) is 5.73. The summed E-state index contributed by atoms with van der Waals surface area (Å²) in [6.45, 7) is 2.96. The summed E-state index contributed by atoms with van der Waals surface area (Å²) in [5.74, 6) is 0. The van der Waals surface area contributed by atoms with Crippen molar-refractivity contribution in [1.29, 1.82) is 0 Å². The SMILES string of the molecule is CCC(CO)(CO)Nc1cccc([N+](=O)[O-])c1C. The van der Waals surface area contributed by atoms with Crippen molar-refractivity contribution in [2.45, 2.75) is 25.8 Å². The Morgan fingerprint density at radius 1 is 1.39 bits per heavy atom. The number of nitro benzene ring substituents is 1. The lowest BCUT2D eigenvalue weighted by Gasteiger charge is -2.31. The number of hydrogen-bond acceptors (Lipinski definition) is 5. The van der Waals surface area contributed by atoms with Crippen LogP contribution in [0.5, 0.6) is 0 Å². The van der Waals surface area contributed by atoms with E-state index in [-0.39, 0.29) is 18.9 Å². The first kappa shape index (κ1) is 14.4. The second-order valence-electron chi connectivity index (χ2n) is 4.28. The highest BCUT2D eigenvalue weighted by Crippen LogP contribution is 2.28. The fraction of sp³-hybridized carbons (Fsp3) is 0.500. The number of rotatable bonds is 6. The molecule has 6 heteroatoms. The standard InChI is InChI=1S/C12H18N2O4/c1-3-12(7-15,8-16)13-10-5-4-6-11(9(10)2)14(17)18/h4-6,13,15-16H,3,7-8H2,1-2H3. The van der Waals surface area contributed by atoms with Crippen molar-refractivity contribution in [2.75, 3.05) is 18.5 Å². The van der Waals surface area contributed by atoms with Gasteiger partial charge >= 0.3 is 0 Å². The van der Waals surface area contributed by atoms with Crippen molar-refractivity contribution in [3.63, 3.8) is 0 Å². The number of nitro groups is 1. The van der Waals surface area contributed by atoms with E-state index in [1.54, 1.807) is 19.1 Å². The molecule has 0 aromatic heterocycles. The maximum absolute atomic E-state index is 10.8. The molecule has 18 heavy (non-hydrogen) atoms. The van der Waals surface area contributed by atoms with Crippen LogP contribution in [0, 0.1) is 17.0 Å². The van der Waals surface area contributed by atoms with E-state index in [1.165, 1.54) is 6.07 Å². The Morgan fingerprint density at radius 3 is 2.44 bits per heavy atom. The summed E-state index contributed by atoms with van der Waals surface area (Å²) in [6, 6.07) is 4.69. The Bertz CT molecular complexity index is 422. The van der Waals surface area contributed by atoms with E-state index in [0.29, 0.717) is 17.7 Å². The van der Waals surface area contributed by atoms with Gasteiger partial charge in [-0.15, -0.1) is 0 Å². The minimum Gasteiger partial charge on any atom is -0.394 e.